The van der Waals surface area contributed by atoms with Gasteiger partial charge in [-0.3, -0.25) is 9.59 Å². The van der Waals surface area contributed by atoms with Gasteiger partial charge >= 0.3 is 0 Å². The highest BCUT2D eigenvalue weighted by molar-refractivity contribution is 5.89. The Balaban J connectivity index is 1.64. The molecule has 2 amide bonds. The highest BCUT2D eigenvalue weighted by atomic mass is 19.1. The second kappa shape index (κ2) is 7.68. The molecule has 2 unspecified atom stereocenters. The molecule has 2 atom stereocenters. The molecule has 0 bridgehead atoms. The maximum absolute atomic E-state index is 13.1. The van der Waals surface area contributed by atoms with Gasteiger partial charge in [0.1, 0.15) is 5.82 Å². The summed E-state index contributed by atoms with van der Waals surface area (Å²) in [6, 6.07) is 15.8. The molecule has 0 aliphatic carbocycles. The summed E-state index contributed by atoms with van der Waals surface area (Å²) in [5.41, 5.74) is 1.93. The van der Waals surface area contributed by atoms with Gasteiger partial charge in [0, 0.05) is 26.6 Å². The molecule has 1 fully saturated rings. The van der Waals surface area contributed by atoms with Crippen LogP contribution in [-0.2, 0) is 16.1 Å². The Morgan fingerprint density at radius 1 is 1.19 bits per heavy atom. The lowest BCUT2D eigenvalue weighted by atomic mass is 10.0. The Hall–Kier alpha value is -2.69. The fourth-order valence-electron chi connectivity index (χ4n) is 3.34. The molecular formula is C21H23FN2O2. The van der Waals surface area contributed by atoms with Crippen molar-refractivity contribution in [2.75, 3.05) is 13.6 Å². The first-order valence-electron chi connectivity index (χ1n) is 8.79. The molecule has 4 nitrogen and oxygen atoms in total. The largest absolute Gasteiger partial charge is 0.339 e. The number of benzene rings is 2. The van der Waals surface area contributed by atoms with Crippen molar-refractivity contribution in [2.45, 2.75) is 25.9 Å². The normalized spacial score (nSPS) is 18.0. The van der Waals surface area contributed by atoms with E-state index < -0.39 is 0 Å². The van der Waals surface area contributed by atoms with Crippen molar-refractivity contribution in [3.8, 4) is 0 Å². The molecule has 1 heterocycles. The Morgan fingerprint density at radius 2 is 1.85 bits per heavy atom. The van der Waals surface area contributed by atoms with Crippen LogP contribution in [0, 0.1) is 11.7 Å². The monoisotopic (exact) mass is 354 g/mol. The van der Waals surface area contributed by atoms with E-state index in [-0.39, 0.29) is 36.0 Å². The van der Waals surface area contributed by atoms with E-state index in [2.05, 4.69) is 0 Å². The van der Waals surface area contributed by atoms with E-state index in [1.165, 1.54) is 12.1 Å². The fourth-order valence-corrected chi connectivity index (χ4v) is 3.34. The number of carbonyl (C=O) groups is 2. The SMILES string of the molecule is CC(c1ccc(F)cc1)N(C)C(=O)C1CC(=O)N(Cc2ccccc2)C1. The minimum Gasteiger partial charge on any atom is -0.339 e. The summed E-state index contributed by atoms with van der Waals surface area (Å²) < 4.78 is 13.1. The zero-order valence-electron chi connectivity index (χ0n) is 15.1. The van der Waals surface area contributed by atoms with Gasteiger partial charge in [-0.2, -0.15) is 0 Å². The molecule has 2 aromatic carbocycles. The molecule has 5 heteroatoms. The minimum absolute atomic E-state index is 0.00929. The molecule has 1 aliphatic heterocycles. The van der Waals surface area contributed by atoms with Crippen molar-refractivity contribution in [1.29, 1.82) is 0 Å². The lowest BCUT2D eigenvalue weighted by Gasteiger charge is -2.28. The zero-order valence-corrected chi connectivity index (χ0v) is 15.1. The van der Waals surface area contributed by atoms with Crippen LogP contribution >= 0.6 is 0 Å². The van der Waals surface area contributed by atoms with Gasteiger partial charge in [-0.25, -0.2) is 4.39 Å². The van der Waals surface area contributed by atoms with Gasteiger partial charge < -0.3 is 9.80 Å². The van der Waals surface area contributed by atoms with Crippen LogP contribution in [0.1, 0.15) is 30.5 Å². The number of rotatable bonds is 5. The van der Waals surface area contributed by atoms with Gasteiger partial charge in [0.25, 0.3) is 0 Å². The highest BCUT2D eigenvalue weighted by Gasteiger charge is 2.36. The first-order chi connectivity index (χ1) is 12.5. The molecule has 2 aromatic rings. The number of hydrogen-bond acceptors (Lipinski definition) is 2. The summed E-state index contributed by atoms with van der Waals surface area (Å²) in [4.78, 5) is 28.5. The van der Waals surface area contributed by atoms with Crippen LogP contribution in [0.5, 0.6) is 0 Å². The second-order valence-corrected chi connectivity index (χ2v) is 6.84. The maximum atomic E-state index is 13.1. The van der Waals surface area contributed by atoms with Gasteiger partial charge in [0.2, 0.25) is 11.8 Å². The van der Waals surface area contributed by atoms with E-state index in [0.29, 0.717) is 13.1 Å². The predicted octanol–water partition coefficient (Wildman–Crippen LogP) is 3.39. The molecule has 0 N–H and O–H groups in total. The number of likely N-dealkylation sites (tertiary alicyclic amines) is 1. The van der Waals surface area contributed by atoms with Crippen LogP contribution in [0.3, 0.4) is 0 Å². The maximum Gasteiger partial charge on any atom is 0.228 e. The number of hydrogen-bond donors (Lipinski definition) is 0. The van der Waals surface area contributed by atoms with E-state index >= 15 is 0 Å². The van der Waals surface area contributed by atoms with Gasteiger partial charge in [-0.1, -0.05) is 42.5 Å². The molecule has 1 saturated heterocycles. The van der Waals surface area contributed by atoms with E-state index in [4.69, 9.17) is 0 Å². The van der Waals surface area contributed by atoms with Crippen LogP contribution < -0.4 is 0 Å². The first kappa shape index (κ1) is 18.1. The van der Waals surface area contributed by atoms with E-state index in [1.54, 1.807) is 29.0 Å². The Bertz CT molecular complexity index is 776. The van der Waals surface area contributed by atoms with Crippen LogP contribution in [0.2, 0.25) is 0 Å². The lowest BCUT2D eigenvalue weighted by molar-refractivity contribution is -0.136. The van der Waals surface area contributed by atoms with Gasteiger partial charge in [0.05, 0.1) is 12.0 Å². The Labute approximate surface area is 153 Å². The van der Waals surface area contributed by atoms with Crippen LogP contribution in [0.4, 0.5) is 4.39 Å². The number of nitrogens with zero attached hydrogens (tertiary/aromatic N) is 2. The predicted molar refractivity (Wildman–Crippen MR) is 97.6 cm³/mol. The minimum atomic E-state index is -0.334. The molecule has 136 valence electrons. The van der Waals surface area contributed by atoms with Crippen molar-refractivity contribution >= 4 is 11.8 Å². The number of carbonyl (C=O) groups excluding carboxylic acids is 2. The van der Waals surface area contributed by atoms with Crippen molar-refractivity contribution in [3.63, 3.8) is 0 Å². The summed E-state index contributed by atoms with van der Waals surface area (Å²) >= 11 is 0. The molecular weight excluding hydrogens is 331 g/mol. The first-order valence-corrected chi connectivity index (χ1v) is 8.79. The van der Waals surface area contributed by atoms with Gasteiger partial charge in [-0.15, -0.1) is 0 Å². The lowest BCUT2D eigenvalue weighted by Crippen LogP contribution is -2.36. The van der Waals surface area contributed by atoms with E-state index in [9.17, 15) is 14.0 Å². The highest BCUT2D eigenvalue weighted by Crippen LogP contribution is 2.26. The molecule has 0 saturated carbocycles. The zero-order chi connectivity index (χ0) is 18.7. The fraction of sp³-hybridized carbons (Fsp3) is 0.333. The third-order valence-corrected chi connectivity index (χ3v) is 5.06. The third-order valence-electron chi connectivity index (χ3n) is 5.06. The van der Waals surface area contributed by atoms with Crippen molar-refractivity contribution in [2.24, 2.45) is 5.92 Å². The molecule has 1 aliphatic rings. The van der Waals surface area contributed by atoms with Crippen molar-refractivity contribution in [1.82, 2.24) is 9.80 Å². The Morgan fingerprint density at radius 3 is 2.50 bits per heavy atom. The number of amides is 2. The summed E-state index contributed by atoms with van der Waals surface area (Å²) in [6.07, 6.45) is 0.242. The summed E-state index contributed by atoms with van der Waals surface area (Å²) in [6.45, 7) is 2.87. The van der Waals surface area contributed by atoms with Crippen molar-refractivity contribution < 1.29 is 14.0 Å². The quantitative estimate of drug-likeness (QED) is 0.826. The summed E-state index contributed by atoms with van der Waals surface area (Å²) in [7, 11) is 1.74. The molecule has 3 rings (SSSR count). The summed E-state index contributed by atoms with van der Waals surface area (Å²) in [5.74, 6) is -0.673. The number of halogens is 1. The van der Waals surface area contributed by atoms with E-state index in [0.717, 1.165) is 11.1 Å². The molecule has 0 aromatic heterocycles. The Kier molecular flexibility index (Phi) is 5.35. The second-order valence-electron chi connectivity index (χ2n) is 6.84. The van der Waals surface area contributed by atoms with Crippen LogP contribution in [0.25, 0.3) is 0 Å². The van der Waals surface area contributed by atoms with Gasteiger partial charge in [0.15, 0.2) is 0 Å². The smallest absolute Gasteiger partial charge is 0.228 e. The molecule has 0 spiro atoms. The van der Waals surface area contributed by atoms with Crippen LogP contribution in [0.15, 0.2) is 54.6 Å². The summed E-state index contributed by atoms with van der Waals surface area (Å²) in [5, 5.41) is 0. The topological polar surface area (TPSA) is 40.6 Å². The third kappa shape index (κ3) is 3.93. The van der Waals surface area contributed by atoms with Crippen molar-refractivity contribution in [3.05, 3.63) is 71.5 Å². The van der Waals surface area contributed by atoms with E-state index in [1.807, 2.05) is 37.3 Å². The molecule has 0 radical (unpaired) electrons. The van der Waals surface area contributed by atoms with Crippen LogP contribution in [-0.4, -0.2) is 35.2 Å². The average Bonchev–Trinajstić information content (AvgIpc) is 3.02. The average molecular weight is 354 g/mol. The standard InChI is InChI=1S/C21H23FN2O2/c1-15(17-8-10-19(22)11-9-17)23(2)21(26)18-12-20(25)24(14-18)13-16-6-4-3-5-7-16/h3-11,15,18H,12-14H2,1-2H3. The van der Waals surface area contributed by atoms with Gasteiger partial charge in [-0.05, 0) is 30.2 Å². The molecule has 26 heavy (non-hydrogen) atoms.